The molecule has 1 aromatic rings. The summed E-state index contributed by atoms with van der Waals surface area (Å²) in [6, 6.07) is 4.42. The van der Waals surface area contributed by atoms with Gasteiger partial charge in [0.2, 0.25) is 0 Å². The lowest BCUT2D eigenvalue weighted by atomic mass is 9.78. The fraction of sp³-hybridized carbons (Fsp3) is 0.571. The third-order valence-corrected chi connectivity index (χ3v) is 4.42. The summed E-state index contributed by atoms with van der Waals surface area (Å²) >= 11 is 5.91. The minimum Gasteiger partial charge on any atom is -0.469 e. The van der Waals surface area contributed by atoms with Crippen LogP contribution in [0, 0.1) is 5.92 Å². The Morgan fingerprint density at radius 3 is 3.00 bits per heavy atom. The Labute approximate surface area is 117 Å². The maximum absolute atomic E-state index is 11.4. The number of hydrogen-bond acceptors (Lipinski definition) is 4. The van der Waals surface area contributed by atoms with Gasteiger partial charge in [0.05, 0.1) is 13.0 Å². The largest absolute Gasteiger partial charge is 0.469 e. The molecule has 1 saturated carbocycles. The molecule has 0 saturated heterocycles. The molecule has 1 aliphatic heterocycles. The van der Waals surface area contributed by atoms with E-state index >= 15 is 0 Å². The van der Waals surface area contributed by atoms with Gasteiger partial charge in [-0.15, -0.1) is 0 Å². The third kappa shape index (κ3) is 2.47. The molecule has 2 aliphatic rings. The summed E-state index contributed by atoms with van der Waals surface area (Å²) in [5, 5.41) is 0.571. The molecule has 1 aromatic heterocycles. The zero-order chi connectivity index (χ0) is 13.4. The van der Waals surface area contributed by atoms with Gasteiger partial charge in [0.15, 0.2) is 0 Å². The topological polar surface area (TPSA) is 42.4 Å². The summed E-state index contributed by atoms with van der Waals surface area (Å²) in [6.07, 6.45) is 2.78. The first-order valence-corrected chi connectivity index (χ1v) is 7.01. The number of methoxy groups -OCH3 is 1. The van der Waals surface area contributed by atoms with Gasteiger partial charge in [0, 0.05) is 31.2 Å². The highest BCUT2D eigenvalue weighted by Gasteiger charge is 2.39. The maximum Gasteiger partial charge on any atom is 0.308 e. The third-order valence-electron chi connectivity index (χ3n) is 4.21. The van der Waals surface area contributed by atoms with Crippen LogP contribution in [0.2, 0.25) is 5.15 Å². The van der Waals surface area contributed by atoms with Crippen molar-refractivity contribution >= 4 is 17.6 Å². The van der Waals surface area contributed by atoms with E-state index in [0.29, 0.717) is 11.2 Å². The molecule has 0 atom stereocenters. The Morgan fingerprint density at radius 1 is 1.47 bits per heavy atom. The van der Waals surface area contributed by atoms with E-state index < -0.39 is 0 Å². The first kappa shape index (κ1) is 12.9. The van der Waals surface area contributed by atoms with Crippen molar-refractivity contribution in [3.8, 4) is 0 Å². The second-order valence-corrected chi connectivity index (χ2v) is 5.69. The molecule has 5 heteroatoms. The number of aromatic nitrogens is 1. The van der Waals surface area contributed by atoms with Crippen LogP contribution in [0.1, 0.15) is 24.1 Å². The van der Waals surface area contributed by atoms with Crippen LogP contribution in [0.25, 0.3) is 0 Å². The molecule has 4 nitrogen and oxygen atoms in total. The summed E-state index contributed by atoms with van der Waals surface area (Å²) in [5.41, 5.74) is 2.38. The molecule has 3 rings (SSSR count). The van der Waals surface area contributed by atoms with Crippen molar-refractivity contribution in [2.45, 2.75) is 31.8 Å². The molecular formula is C14H17ClN2O2. The van der Waals surface area contributed by atoms with Gasteiger partial charge in [-0.05, 0) is 24.5 Å². The Morgan fingerprint density at radius 2 is 2.26 bits per heavy atom. The predicted octanol–water partition coefficient (Wildman–Crippen LogP) is 2.04. The van der Waals surface area contributed by atoms with Gasteiger partial charge in [-0.3, -0.25) is 9.69 Å². The van der Waals surface area contributed by atoms with E-state index in [9.17, 15) is 4.79 Å². The average Bonchev–Trinajstić information content (AvgIpc) is 2.36. The lowest BCUT2D eigenvalue weighted by molar-refractivity contribution is -0.151. The number of nitrogens with zero attached hydrogens (tertiary/aromatic N) is 2. The average molecular weight is 281 g/mol. The molecule has 0 aromatic carbocycles. The zero-order valence-corrected chi connectivity index (χ0v) is 11.7. The second kappa shape index (κ2) is 5.10. The highest BCUT2D eigenvalue weighted by Crippen LogP contribution is 2.35. The molecule has 1 aliphatic carbocycles. The lowest BCUT2D eigenvalue weighted by Gasteiger charge is -2.43. The van der Waals surface area contributed by atoms with Gasteiger partial charge in [0.25, 0.3) is 0 Å². The van der Waals surface area contributed by atoms with Gasteiger partial charge >= 0.3 is 5.97 Å². The van der Waals surface area contributed by atoms with Crippen molar-refractivity contribution in [3.63, 3.8) is 0 Å². The standard InChI is InChI=1S/C14H17ClN2O2/c1-19-14(18)10-6-11(7-10)17-5-4-12-9(8-17)2-3-13(15)16-12/h2-3,10-11H,4-8H2,1H3. The van der Waals surface area contributed by atoms with Crippen LogP contribution in [0.4, 0.5) is 0 Å². The number of carbonyl (C=O) groups excluding carboxylic acids is 1. The summed E-state index contributed by atoms with van der Waals surface area (Å²) < 4.78 is 4.78. The van der Waals surface area contributed by atoms with E-state index in [4.69, 9.17) is 16.3 Å². The van der Waals surface area contributed by atoms with Crippen molar-refractivity contribution in [1.82, 2.24) is 9.88 Å². The molecular weight excluding hydrogens is 264 g/mol. The molecule has 0 amide bonds. The Balaban J connectivity index is 1.61. The molecule has 102 valence electrons. The number of hydrogen-bond donors (Lipinski definition) is 0. The quantitative estimate of drug-likeness (QED) is 0.614. The first-order valence-electron chi connectivity index (χ1n) is 6.63. The molecule has 0 spiro atoms. The Hall–Kier alpha value is -1.13. The van der Waals surface area contributed by atoms with E-state index in [1.54, 1.807) is 0 Å². The lowest BCUT2D eigenvalue weighted by Crippen LogP contribution is -2.49. The molecule has 0 N–H and O–H groups in total. The van der Waals surface area contributed by atoms with E-state index in [-0.39, 0.29) is 11.9 Å². The molecule has 0 bridgehead atoms. The SMILES string of the molecule is COC(=O)C1CC(N2CCc3nc(Cl)ccc3C2)C1. The van der Waals surface area contributed by atoms with Crippen LogP contribution < -0.4 is 0 Å². The van der Waals surface area contributed by atoms with E-state index in [1.807, 2.05) is 6.07 Å². The Bertz CT molecular complexity index is 500. The highest BCUT2D eigenvalue weighted by molar-refractivity contribution is 6.29. The molecule has 0 radical (unpaired) electrons. The first-order chi connectivity index (χ1) is 9.17. The van der Waals surface area contributed by atoms with E-state index in [2.05, 4.69) is 16.0 Å². The summed E-state index contributed by atoms with van der Waals surface area (Å²) in [5.74, 6) is 0.0295. The predicted molar refractivity (Wildman–Crippen MR) is 71.9 cm³/mol. The summed E-state index contributed by atoms with van der Waals surface area (Å²) in [7, 11) is 1.46. The highest BCUT2D eigenvalue weighted by atomic mass is 35.5. The van der Waals surface area contributed by atoms with Crippen molar-refractivity contribution < 1.29 is 9.53 Å². The summed E-state index contributed by atoms with van der Waals surface area (Å²) in [6.45, 7) is 1.91. The number of fused-ring (bicyclic) bond motifs is 1. The van der Waals surface area contributed by atoms with Gasteiger partial charge in [-0.2, -0.15) is 0 Å². The van der Waals surface area contributed by atoms with E-state index in [0.717, 1.165) is 38.0 Å². The molecule has 2 heterocycles. The molecule has 19 heavy (non-hydrogen) atoms. The van der Waals surface area contributed by atoms with Gasteiger partial charge in [0.1, 0.15) is 5.15 Å². The monoisotopic (exact) mass is 280 g/mol. The number of ether oxygens (including phenoxy) is 1. The van der Waals surface area contributed by atoms with Crippen LogP contribution in [-0.4, -0.2) is 35.5 Å². The number of pyridine rings is 1. The minimum absolute atomic E-state index is 0.0675. The van der Waals surface area contributed by atoms with Crippen LogP contribution in [0.5, 0.6) is 0 Å². The van der Waals surface area contributed by atoms with Crippen molar-refractivity contribution in [3.05, 3.63) is 28.5 Å². The van der Waals surface area contributed by atoms with Gasteiger partial charge in [-0.25, -0.2) is 4.98 Å². The van der Waals surface area contributed by atoms with Crippen molar-refractivity contribution in [1.29, 1.82) is 0 Å². The van der Waals surface area contributed by atoms with Gasteiger partial charge < -0.3 is 4.74 Å². The van der Waals surface area contributed by atoms with Crippen LogP contribution >= 0.6 is 11.6 Å². The second-order valence-electron chi connectivity index (χ2n) is 5.31. The number of rotatable bonds is 2. The zero-order valence-electron chi connectivity index (χ0n) is 10.9. The van der Waals surface area contributed by atoms with Crippen molar-refractivity contribution in [2.75, 3.05) is 13.7 Å². The van der Waals surface area contributed by atoms with Gasteiger partial charge in [-0.1, -0.05) is 17.7 Å². The summed E-state index contributed by atoms with van der Waals surface area (Å²) in [4.78, 5) is 18.2. The fourth-order valence-corrected chi connectivity index (χ4v) is 3.13. The Kier molecular flexibility index (Phi) is 3.46. The normalized spacial score (nSPS) is 26.4. The number of carbonyl (C=O) groups is 1. The maximum atomic E-state index is 11.4. The fourth-order valence-electron chi connectivity index (χ4n) is 2.97. The van der Waals surface area contributed by atoms with Crippen LogP contribution in [-0.2, 0) is 22.5 Å². The van der Waals surface area contributed by atoms with Crippen LogP contribution in [0.3, 0.4) is 0 Å². The molecule has 0 unspecified atom stereocenters. The van der Waals surface area contributed by atoms with E-state index in [1.165, 1.54) is 12.7 Å². The van der Waals surface area contributed by atoms with Crippen LogP contribution in [0.15, 0.2) is 12.1 Å². The number of halogens is 1. The van der Waals surface area contributed by atoms with Crippen molar-refractivity contribution in [2.24, 2.45) is 5.92 Å². The smallest absolute Gasteiger partial charge is 0.308 e. The molecule has 1 fully saturated rings. The minimum atomic E-state index is -0.0675. The number of esters is 1.